The van der Waals surface area contributed by atoms with Gasteiger partial charge in [-0.15, -0.1) is 0 Å². The second kappa shape index (κ2) is 10.2. The molecule has 0 radical (unpaired) electrons. The summed E-state index contributed by atoms with van der Waals surface area (Å²) in [4.78, 5) is 12.0. The van der Waals surface area contributed by atoms with E-state index in [0.29, 0.717) is 31.2 Å². The van der Waals surface area contributed by atoms with Crippen molar-refractivity contribution in [3.63, 3.8) is 0 Å². The fourth-order valence-corrected chi connectivity index (χ4v) is 4.61. The molecule has 2 aromatic rings. The Morgan fingerprint density at radius 1 is 0.969 bits per heavy atom. The summed E-state index contributed by atoms with van der Waals surface area (Å²) >= 11 is 0. The molecular formula is C28H41NO3. The molecule has 1 aliphatic carbocycles. The maximum atomic E-state index is 12.0. The molecule has 0 amide bonds. The Labute approximate surface area is 194 Å². The number of hydrogen-bond donors (Lipinski definition) is 1. The molecule has 2 aromatic carbocycles. The molecule has 4 nitrogen and oxygen atoms in total. The topological polar surface area (TPSA) is 47.6 Å². The van der Waals surface area contributed by atoms with Gasteiger partial charge < -0.3 is 14.8 Å². The van der Waals surface area contributed by atoms with Gasteiger partial charge in [0.2, 0.25) is 0 Å². The van der Waals surface area contributed by atoms with Gasteiger partial charge in [-0.05, 0) is 92.3 Å². The van der Waals surface area contributed by atoms with Crippen LogP contribution in [-0.2, 0) is 16.1 Å². The molecule has 0 heterocycles. The first-order valence-corrected chi connectivity index (χ1v) is 12.2. The molecule has 1 aliphatic rings. The van der Waals surface area contributed by atoms with Gasteiger partial charge in [0.15, 0.2) is 0 Å². The molecule has 0 aliphatic heterocycles. The highest BCUT2D eigenvalue weighted by Crippen LogP contribution is 2.39. The zero-order valence-corrected chi connectivity index (χ0v) is 20.8. The Morgan fingerprint density at radius 2 is 1.62 bits per heavy atom. The first-order chi connectivity index (χ1) is 15.1. The van der Waals surface area contributed by atoms with Gasteiger partial charge in [-0.3, -0.25) is 4.79 Å². The predicted octanol–water partition coefficient (Wildman–Crippen LogP) is 6.50. The number of ether oxygens (including phenoxy) is 2. The van der Waals surface area contributed by atoms with Gasteiger partial charge in [0.05, 0.1) is 18.1 Å². The maximum Gasteiger partial charge on any atom is 0.312 e. The fourth-order valence-electron chi connectivity index (χ4n) is 4.61. The number of carbonyl (C=O) groups excluding carboxylic acids is 1. The second-order valence-corrected chi connectivity index (χ2v) is 11.0. The van der Waals surface area contributed by atoms with Gasteiger partial charge in [0.25, 0.3) is 0 Å². The molecule has 0 bridgehead atoms. The lowest BCUT2D eigenvalue weighted by atomic mass is 9.72. The number of fused-ring (bicyclic) bond motifs is 1. The van der Waals surface area contributed by atoms with E-state index in [1.165, 1.54) is 29.2 Å². The summed E-state index contributed by atoms with van der Waals surface area (Å²) in [5.41, 5.74) is 1.06. The van der Waals surface area contributed by atoms with Crippen LogP contribution in [0.5, 0.6) is 5.75 Å². The van der Waals surface area contributed by atoms with Crippen molar-refractivity contribution < 1.29 is 14.3 Å². The fraction of sp³-hybridized carbons (Fsp3) is 0.607. The average Bonchev–Trinajstić information content (AvgIpc) is 2.73. The first-order valence-electron chi connectivity index (χ1n) is 12.2. The summed E-state index contributed by atoms with van der Waals surface area (Å²) < 4.78 is 11.5. The number of hydrogen-bond acceptors (Lipinski definition) is 4. The Balaban J connectivity index is 1.55. The highest BCUT2D eigenvalue weighted by atomic mass is 16.5. The highest BCUT2D eigenvalue weighted by Gasteiger charge is 2.30. The number of esters is 1. The average molecular weight is 440 g/mol. The third kappa shape index (κ3) is 6.48. The summed E-state index contributed by atoms with van der Waals surface area (Å²) in [7, 11) is 0. The van der Waals surface area contributed by atoms with Crippen molar-refractivity contribution in [1.29, 1.82) is 0 Å². The van der Waals surface area contributed by atoms with Crippen LogP contribution >= 0.6 is 0 Å². The van der Waals surface area contributed by atoms with Crippen molar-refractivity contribution in [1.82, 2.24) is 5.32 Å². The van der Waals surface area contributed by atoms with E-state index < -0.39 is 5.41 Å². The van der Waals surface area contributed by atoms with E-state index in [2.05, 4.69) is 62.5 Å². The first kappa shape index (κ1) is 24.6. The van der Waals surface area contributed by atoms with Crippen molar-refractivity contribution >= 4 is 16.7 Å². The Kier molecular flexibility index (Phi) is 7.87. The van der Waals surface area contributed by atoms with Crippen LogP contribution in [0.4, 0.5) is 0 Å². The highest BCUT2D eigenvalue weighted by molar-refractivity contribution is 5.84. The molecule has 4 heteroatoms. The van der Waals surface area contributed by atoms with Crippen LogP contribution in [0.15, 0.2) is 36.4 Å². The summed E-state index contributed by atoms with van der Waals surface area (Å²) in [6, 6.07) is 12.9. The predicted molar refractivity (Wildman–Crippen MR) is 132 cm³/mol. The van der Waals surface area contributed by atoms with Gasteiger partial charge in [0, 0.05) is 13.1 Å². The summed E-state index contributed by atoms with van der Waals surface area (Å²) in [6.07, 6.45) is 5.13. The molecule has 0 aromatic heterocycles. The minimum atomic E-state index is -0.537. The van der Waals surface area contributed by atoms with Gasteiger partial charge in [-0.2, -0.15) is 0 Å². The molecule has 0 unspecified atom stereocenters. The van der Waals surface area contributed by atoms with Crippen LogP contribution in [0.2, 0.25) is 0 Å². The van der Waals surface area contributed by atoms with Gasteiger partial charge >= 0.3 is 5.97 Å². The van der Waals surface area contributed by atoms with E-state index >= 15 is 0 Å². The summed E-state index contributed by atoms with van der Waals surface area (Å²) in [5.74, 6) is 1.61. The summed E-state index contributed by atoms with van der Waals surface area (Å²) in [5, 5.41) is 5.80. The molecular weight excluding hydrogens is 398 g/mol. The van der Waals surface area contributed by atoms with Crippen molar-refractivity contribution in [2.75, 3.05) is 13.2 Å². The Bertz CT molecular complexity index is 905. The lowest BCUT2D eigenvalue weighted by Crippen LogP contribution is -2.37. The lowest BCUT2D eigenvalue weighted by Gasteiger charge is -2.37. The molecule has 1 N–H and O–H groups in total. The third-order valence-corrected chi connectivity index (χ3v) is 6.80. The number of carbonyl (C=O) groups is 1. The zero-order chi connectivity index (χ0) is 23.4. The van der Waals surface area contributed by atoms with Crippen LogP contribution < -0.4 is 10.1 Å². The number of rotatable bonds is 8. The molecule has 1 saturated carbocycles. The third-order valence-electron chi connectivity index (χ3n) is 6.80. The molecule has 0 spiro atoms. The molecule has 32 heavy (non-hydrogen) atoms. The van der Waals surface area contributed by atoms with Crippen molar-refractivity contribution in [2.24, 2.45) is 16.7 Å². The van der Waals surface area contributed by atoms with E-state index in [9.17, 15) is 4.79 Å². The lowest BCUT2D eigenvalue weighted by molar-refractivity contribution is -0.153. The quantitative estimate of drug-likeness (QED) is 0.477. The zero-order valence-electron chi connectivity index (χ0n) is 20.8. The van der Waals surface area contributed by atoms with Crippen molar-refractivity contribution in [3.8, 4) is 5.75 Å². The van der Waals surface area contributed by atoms with Gasteiger partial charge in [-0.1, -0.05) is 39.0 Å². The van der Waals surface area contributed by atoms with E-state index in [0.717, 1.165) is 24.5 Å². The van der Waals surface area contributed by atoms with E-state index in [1.807, 2.05) is 20.8 Å². The van der Waals surface area contributed by atoms with Crippen molar-refractivity contribution in [3.05, 3.63) is 42.0 Å². The van der Waals surface area contributed by atoms with Crippen LogP contribution in [0, 0.1) is 16.7 Å². The summed E-state index contributed by atoms with van der Waals surface area (Å²) in [6.45, 7) is 14.4. The largest absolute Gasteiger partial charge is 0.490 e. The Hall–Kier alpha value is -2.07. The normalized spacial score (nSPS) is 19.7. The monoisotopic (exact) mass is 439 g/mol. The van der Waals surface area contributed by atoms with E-state index in [4.69, 9.17) is 9.47 Å². The minimum absolute atomic E-state index is 0.162. The molecule has 0 atom stereocenters. The molecule has 3 rings (SSSR count). The minimum Gasteiger partial charge on any atom is -0.490 e. The second-order valence-electron chi connectivity index (χ2n) is 11.0. The number of benzene rings is 2. The van der Waals surface area contributed by atoms with Crippen LogP contribution in [0.1, 0.15) is 72.8 Å². The van der Waals surface area contributed by atoms with Crippen molar-refractivity contribution in [2.45, 2.75) is 79.9 Å². The van der Waals surface area contributed by atoms with E-state index in [1.54, 1.807) is 0 Å². The van der Waals surface area contributed by atoms with Crippen LogP contribution in [-0.4, -0.2) is 25.2 Å². The molecule has 1 fully saturated rings. The number of nitrogens with one attached hydrogen (secondary N) is 1. The van der Waals surface area contributed by atoms with E-state index in [-0.39, 0.29) is 5.97 Å². The van der Waals surface area contributed by atoms with Crippen LogP contribution in [0.25, 0.3) is 10.8 Å². The smallest absolute Gasteiger partial charge is 0.312 e. The Morgan fingerprint density at radius 3 is 2.28 bits per heavy atom. The standard InChI is InChI=1S/C28H41NO3/c1-7-31-26(30)28(5,6)19-29-18-20-8-9-22-17-25(13-10-21(22)16-20)32-24-14-11-23(12-15-24)27(2,3)4/h8-10,13,16-17,23-24,29H,7,11-12,14-15,18-19H2,1-6H3/t23-,24-. The molecule has 0 saturated heterocycles. The van der Waals surface area contributed by atoms with Crippen LogP contribution in [0.3, 0.4) is 0 Å². The van der Waals surface area contributed by atoms with Gasteiger partial charge in [-0.25, -0.2) is 0 Å². The van der Waals surface area contributed by atoms with Gasteiger partial charge in [0.1, 0.15) is 5.75 Å². The maximum absolute atomic E-state index is 12.0. The SMILES string of the molecule is CCOC(=O)C(C)(C)CNCc1ccc2cc(O[C@H]3CC[C@H](C(C)(C)C)CC3)ccc2c1. The molecule has 176 valence electrons.